The maximum Gasteiger partial charge on any atom is 0.239 e. The van der Waals surface area contributed by atoms with Gasteiger partial charge < -0.3 is 15.8 Å². The maximum absolute atomic E-state index is 11.8. The molecule has 1 aliphatic heterocycles. The monoisotopic (exact) mass is 333 g/mol. The molecule has 1 fully saturated rings. The van der Waals surface area contributed by atoms with Crippen LogP contribution in [-0.4, -0.2) is 43.7 Å². The summed E-state index contributed by atoms with van der Waals surface area (Å²) in [5.74, 6) is 1.37. The molecule has 0 bridgehead atoms. The Kier molecular flexibility index (Phi) is 7.21. The van der Waals surface area contributed by atoms with Crippen molar-refractivity contribution in [2.24, 2.45) is 17.6 Å². The Morgan fingerprint density at radius 3 is 2.42 bits per heavy atom. The quantitative estimate of drug-likeness (QED) is 0.798. The number of nitrogens with two attached hydrogens (primary N) is 1. The van der Waals surface area contributed by atoms with E-state index in [9.17, 15) is 4.79 Å². The lowest BCUT2D eigenvalue weighted by atomic mass is 9.91. The van der Waals surface area contributed by atoms with Crippen molar-refractivity contribution in [3.63, 3.8) is 0 Å². The molecule has 0 radical (unpaired) electrons. The fourth-order valence-corrected chi connectivity index (χ4v) is 3.52. The first-order chi connectivity index (χ1) is 11.5. The lowest BCUT2D eigenvalue weighted by molar-refractivity contribution is -0.123. The molecular weight excluding hydrogens is 302 g/mol. The molecule has 5 heteroatoms. The van der Waals surface area contributed by atoms with E-state index < -0.39 is 6.04 Å². The summed E-state index contributed by atoms with van der Waals surface area (Å²) in [5.41, 5.74) is 8.10. The van der Waals surface area contributed by atoms with Crippen LogP contribution in [0.3, 0.4) is 0 Å². The van der Waals surface area contributed by atoms with Crippen LogP contribution in [0.2, 0.25) is 0 Å². The number of nitrogens with one attached hydrogen (secondary N) is 1. The number of nitrogens with zero attached hydrogens (tertiary/aromatic N) is 1. The Balaban J connectivity index is 1.81. The molecule has 1 aromatic carbocycles. The van der Waals surface area contributed by atoms with E-state index in [0.29, 0.717) is 6.54 Å². The minimum Gasteiger partial charge on any atom is -0.383 e. The van der Waals surface area contributed by atoms with E-state index in [1.807, 2.05) is 0 Å². The van der Waals surface area contributed by atoms with E-state index in [1.165, 1.54) is 32.2 Å². The number of hydrogen-bond donors (Lipinski definition) is 2. The summed E-state index contributed by atoms with van der Waals surface area (Å²) in [6.45, 7) is 8.76. The van der Waals surface area contributed by atoms with Crippen LogP contribution in [0.5, 0.6) is 0 Å². The summed E-state index contributed by atoms with van der Waals surface area (Å²) in [4.78, 5) is 14.3. The minimum atomic E-state index is -0.614. The van der Waals surface area contributed by atoms with E-state index in [1.54, 1.807) is 0 Å². The Labute approximate surface area is 145 Å². The molecule has 0 saturated carbocycles. The zero-order chi connectivity index (χ0) is 17.5. The Bertz CT molecular complexity index is 508. The first kappa shape index (κ1) is 18.9. The predicted molar refractivity (Wildman–Crippen MR) is 96.4 cm³/mol. The third-order valence-electron chi connectivity index (χ3n) is 4.52. The molecule has 5 nitrogen and oxygen atoms in total. The minimum absolute atomic E-state index is 0.183. The van der Waals surface area contributed by atoms with Gasteiger partial charge in [-0.1, -0.05) is 38.1 Å². The number of likely N-dealkylation sites (tertiary alicyclic amines) is 1. The molecule has 3 N–H and O–H groups in total. The normalized spacial score (nSPS) is 23.0. The summed E-state index contributed by atoms with van der Waals surface area (Å²) in [6, 6.07) is 7.85. The highest BCUT2D eigenvalue weighted by Crippen LogP contribution is 2.22. The summed E-state index contributed by atoms with van der Waals surface area (Å²) in [6.07, 6.45) is 1.33. The number of hydrogen-bond acceptors (Lipinski definition) is 4. The van der Waals surface area contributed by atoms with Crippen molar-refractivity contribution in [2.45, 2.75) is 39.4 Å². The fraction of sp³-hybridized carbons (Fsp3) is 0.632. The van der Waals surface area contributed by atoms with Gasteiger partial charge in [0, 0.05) is 33.3 Å². The summed E-state index contributed by atoms with van der Waals surface area (Å²) in [5, 5.41) is 2.84. The van der Waals surface area contributed by atoms with Gasteiger partial charge in [-0.05, 0) is 29.4 Å². The largest absolute Gasteiger partial charge is 0.383 e. The molecule has 24 heavy (non-hydrogen) atoms. The number of piperidine rings is 1. The number of carbonyl (C=O) groups excluding carboxylic acids is 1. The molecule has 3 unspecified atom stereocenters. The van der Waals surface area contributed by atoms with Crippen molar-refractivity contribution in [3.05, 3.63) is 35.4 Å². The molecule has 0 aromatic heterocycles. The molecule has 1 aliphatic rings. The topological polar surface area (TPSA) is 67.6 Å². The highest BCUT2D eigenvalue weighted by molar-refractivity contribution is 5.81. The SMILES string of the molecule is COCC(N)C(=O)NCc1ccc(CN2CC(C)CC(C)C2)cc1. The number of methoxy groups -OCH3 is 1. The Morgan fingerprint density at radius 2 is 1.83 bits per heavy atom. The molecule has 1 saturated heterocycles. The Hall–Kier alpha value is -1.43. The van der Waals surface area contributed by atoms with Crippen molar-refractivity contribution in [1.82, 2.24) is 10.2 Å². The standard InChI is InChI=1S/C19H31N3O2/c1-14-8-15(2)11-22(10-14)12-17-6-4-16(5-7-17)9-21-19(23)18(20)13-24-3/h4-7,14-15,18H,8-13,20H2,1-3H3,(H,21,23). The summed E-state index contributed by atoms with van der Waals surface area (Å²) < 4.78 is 4.89. The molecule has 0 spiro atoms. The number of ether oxygens (including phenoxy) is 1. The van der Waals surface area contributed by atoms with Crippen molar-refractivity contribution in [3.8, 4) is 0 Å². The second-order valence-corrected chi connectivity index (χ2v) is 7.24. The van der Waals surface area contributed by atoms with Crippen LogP contribution in [0.15, 0.2) is 24.3 Å². The second kappa shape index (κ2) is 9.16. The van der Waals surface area contributed by atoms with Crippen molar-refractivity contribution in [2.75, 3.05) is 26.8 Å². The average Bonchev–Trinajstić information content (AvgIpc) is 2.53. The van der Waals surface area contributed by atoms with Gasteiger partial charge in [-0.25, -0.2) is 0 Å². The molecule has 134 valence electrons. The fourth-order valence-electron chi connectivity index (χ4n) is 3.52. The van der Waals surface area contributed by atoms with E-state index in [-0.39, 0.29) is 12.5 Å². The lowest BCUT2D eigenvalue weighted by Gasteiger charge is -2.35. The first-order valence-electron chi connectivity index (χ1n) is 8.80. The average molecular weight is 333 g/mol. The van der Waals surface area contributed by atoms with Gasteiger partial charge in [0.1, 0.15) is 6.04 Å². The van der Waals surface area contributed by atoms with Crippen molar-refractivity contribution in [1.29, 1.82) is 0 Å². The van der Waals surface area contributed by atoms with Gasteiger partial charge in [0.2, 0.25) is 5.91 Å². The molecule has 1 amide bonds. The van der Waals surface area contributed by atoms with Crippen molar-refractivity contribution < 1.29 is 9.53 Å². The highest BCUT2D eigenvalue weighted by Gasteiger charge is 2.21. The van der Waals surface area contributed by atoms with Gasteiger partial charge in [-0.3, -0.25) is 9.69 Å². The number of amides is 1. The van der Waals surface area contributed by atoms with Gasteiger partial charge in [0.15, 0.2) is 0 Å². The molecule has 0 aliphatic carbocycles. The smallest absolute Gasteiger partial charge is 0.239 e. The molecule has 1 aromatic rings. The van der Waals surface area contributed by atoms with Crippen LogP contribution in [0.1, 0.15) is 31.4 Å². The third kappa shape index (κ3) is 5.89. The van der Waals surface area contributed by atoms with Gasteiger partial charge in [-0.2, -0.15) is 0 Å². The van der Waals surface area contributed by atoms with E-state index in [4.69, 9.17) is 10.5 Å². The Morgan fingerprint density at radius 1 is 1.25 bits per heavy atom. The van der Waals surface area contributed by atoms with Crippen LogP contribution in [0.4, 0.5) is 0 Å². The third-order valence-corrected chi connectivity index (χ3v) is 4.52. The molecule has 2 rings (SSSR count). The van der Waals surface area contributed by atoms with Crippen molar-refractivity contribution >= 4 is 5.91 Å². The van der Waals surface area contributed by atoms with Gasteiger partial charge in [0.25, 0.3) is 0 Å². The van der Waals surface area contributed by atoms with E-state index >= 15 is 0 Å². The summed E-state index contributed by atoms with van der Waals surface area (Å²) >= 11 is 0. The molecule has 1 heterocycles. The number of carbonyl (C=O) groups is 1. The lowest BCUT2D eigenvalue weighted by Crippen LogP contribution is -2.43. The maximum atomic E-state index is 11.8. The zero-order valence-electron chi connectivity index (χ0n) is 15.1. The number of benzene rings is 1. The van der Waals surface area contributed by atoms with E-state index in [2.05, 4.69) is 48.3 Å². The predicted octanol–water partition coefficient (Wildman–Crippen LogP) is 1.75. The van der Waals surface area contributed by atoms with Crippen LogP contribution in [0.25, 0.3) is 0 Å². The first-order valence-corrected chi connectivity index (χ1v) is 8.80. The zero-order valence-corrected chi connectivity index (χ0v) is 15.1. The van der Waals surface area contributed by atoms with Gasteiger partial charge in [0.05, 0.1) is 6.61 Å². The van der Waals surface area contributed by atoms with Crippen LogP contribution in [-0.2, 0) is 22.6 Å². The molecular formula is C19H31N3O2. The van der Waals surface area contributed by atoms with Crippen LogP contribution in [0, 0.1) is 11.8 Å². The van der Waals surface area contributed by atoms with Crippen LogP contribution >= 0.6 is 0 Å². The van der Waals surface area contributed by atoms with E-state index in [0.717, 1.165) is 23.9 Å². The summed E-state index contributed by atoms with van der Waals surface area (Å²) in [7, 11) is 1.54. The van der Waals surface area contributed by atoms with Gasteiger partial charge >= 0.3 is 0 Å². The van der Waals surface area contributed by atoms with Crippen LogP contribution < -0.4 is 11.1 Å². The molecule has 3 atom stereocenters. The number of rotatable bonds is 7. The van der Waals surface area contributed by atoms with Gasteiger partial charge in [-0.15, -0.1) is 0 Å². The highest BCUT2D eigenvalue weighted by atomic mass is 16.5. The second-order valence-electron chi connectivity index (χ2n) is 7.24.